The molecular formula is C23H23N3O4. The van der Waals surface area contributed by atoms with Gasteiger partial charge >= 0.3 is 0 Å². The van der Waals surface area contributed by atoms with E-state index in [4.69, 9.17) is 14.5 Å². The Kier molecular flexibility index (Phi) is 4.88. The summed E-state index contributed by atoms with van der Waals surface area (Å²) < 4.78 is 10.7. The first kappa shape index (κ1) is 18.7. The summed E-state index contributed by atoms with van der Waals surface area (Å²) in [6, 6.07) is 15.0. The first-order chi connectivity index (χ1) is 14.7. The SMILES string of the molecule is O=C(Nc1ccc2c(c1)OCO2)c1cc(NC2CCC(O)CC2)nc2ccccc12. The normalized spacial score (nSPS) is 20.2. The molecule has 2 aliphatic rings. The molecule has 3 N–H and O–H groups in total. The van der Waals surface area contributed by atoms with E-state index in [1.54, 1.807) is 24.3 Å². The Balaban J connectivity index is 1.42. The highest BCUT2D eigenvalue weighted by Crippen LogP contribution is 2.34. The molecule has 1 saturated carbocycles. The van der Waals surface area contributed by atoms with Gasteiger partial charge in [-0.2, -0.15) is 0 Å². The molecule has 7 nitrogen and oxygen atoms in total. The van der Waals surface area contributed by atoms with Crippen molar-refractivity contribution in [3.8, 4) is 11.5 Å². The third-order valence-electron chi connectivity index (χ3n) is 5.64. The van der Waals surface area contributed by atoms with E-state index in [-0.39, 0.29) is 24.8 Å². The van der Waals surface area contributed by atoms with Gasteiger partial charge in [-0.3, -0.25) is 4.79 Å². The second kappa shape index (κ2) is 7.84. The molecule has 1 aromatic heterocycles. The van der Waals surface area contributed by atoms with Gasteiger partial charge in [0.25, 0.3) is 5.91 Å². The van der Waals surface area contributed by atoms with Crippen molar-refractivity contribution in [2.75, 3.05) is 17.4 Å². The molecule has 0 saturated heterocycles. The molecular weight excluding hydrogens is 382 g/mol. The molecule has 154 valence electrons. The van der Waals surface area contributed by atoms with Crippen LogP contribution in [0.4, 0.5) is 11.5 Å². The van der Waals surface area contributed by atoms with Gasteiger partial charge in [0.05, 0.1) is 17.2 Å². The highest BCUT2D eigenvalue weighted by Gasteiger charge is 2.21. The molecule has 1 fully saturated rings. The van der Waals surface area contributed by atoms with Gasteiger partial charge in [-0.1, -0.05) is 18.2 Å². The third-order valence-corrected chi connectivity index (χ3v) is 5.64. The van der Waals surface area contributed by atoms with E-state index in [1.165, 1.54) is 0 Å². The molecule has 5 rings (SSSR count). The summed E-state index contributed by atoms with van der Waals surface area (Å²) in [4.78, 5) is 17.8. The lowest BCUT2D eigenvalue weighted by molar-refractivity contribution is 0.102. The van der Waals surface area contributed by atoms with Crippen molar-refractivity contribution < 1.29 is 19.4 Å². The van der Waals surface area contributed by atoms with Gasteiger partial charge in [-0.15, -0.1) is 0 Å². The number of benzene rings is 2. The zero-order valence-electron chi connectivity index (χ0n) is 16.4. The molecule has 1 aliphatic heterocycles. The quantitative estimate of drug-likeness (QED) is 0.609. The molecule has 1 aliphatic carbocycles. The van der Waals surface area contributed by atoms with E-state index in [1.807, 2.05) is 24.3 Å². The van der Waals surface area contributed by atoms with Gasteiger partial charge in [0.1, 0.15) is 5.82 Å². The predicted molar refractivity (Wildman–Crippen MR) is 114 cm³/mol. The number of ether oxygens (including phenoxy) is 2. The Morgan fingerprint density at radius 2 is 1.80 bits per heavy atom. The Morgan fingerprint density at radius 3 is 2.67 bits per heavy atom. The van der Waals surface area contributed by atoms with Crippen LogP contribution in [0.1, 0.15) is 36.0 Å². The number of hydrogen-bond acceptors (Lipinski definition) is 6. The van der Waals surface area contributed by atoms with Gasteiger partial charge in [-0.05, 0) is 49.9 Å². The average molecular weight is 405 g/mol. The van der Waals surface area contributed by atoms with Crippen molar-refractivity contribution >= 4 is 28.3 Å². The fourth-order valence-corrected chi connectivity index (χ4v) is 4.04. The highest BCUT2D eigenvalue weighted by molar-refractivity contribution is 6.13. The lowest BCUT2D eigenvalue weighted by Crippen LogP contribution is -2.28. The first-order valence-corrected chi connectivity index (χ1v) is 10.2. The number of nitrogens with zero attached hydrogens (tertiary/aromatic N) is 1. The minimum atomic E-state index is -0.213. The Hall–Kier alpha value is -3.32. The highest BCUT2D eigenvalue weighted by atomic mass is 16.7. The van der Waals surface area contributed by atoms with Crippen LogP contribution in [-0.4, -0.2) is 34.9 Å². The lowest BCUT2D eigenvalue weighted by atomic mass is 9.93. The van der Waals surface area contributed by atoms with Crippen LogP contribution < -0.4 is 20.1 Å². The molecule has 0 radical (unpaired) electrons. The van der Waals surface area contributed by atoms with E-state index >= 15 is 0 Å². The minimum absolute atomic E-state index is 0.189. The van der Waals surface area contributed by atoms with Crippen LogP contribution in [-0.2, 0) is 0 Å². The predicted octanol–water partition coefficient (Wildman–Crippen LogP) is 3.93. The van der Waals surface area contributed by atoms with Crippen molar-refractivity contribution in [1.82, 2.24) is 4.98 Å². The average Bonchev–Trinajstić information content (AvgIpc) is 3.23. The van der Waals surface area contributed by atoms with Gasteiger partial charge in [-0.25, -0.2) is 4.98 Å². The van der Waals surface area contributed by atoms with Crippen LogP contribution in [0.25, 0.3) is 10.9 Å². The number of amides is 1. The number of aliphatic hydroxyl groups is 1. The fraction of sp³-hybridized carbons (Fsp3) is 0.304. The monoisotopic (exact) mass is 405 g/mol. The lowest BCUT2D eigenvalue weighted by Gasteiger charge is -2.26. The van der Waals surface area contributed by atoms with Crippen LogP contribution in [0.15, 0.2) is 48.5 Å². The molecule has 0 bridgehead atoms. The number of nitrogens with one attached hydrogen (secondary N) is 2. The summed E-state index contributed by atoms with van der Waals surface area (Å²) >= 11 is 0. The van der Waals surface area contributed by atoms with Crippen molar-refractivity contribution in [1.29, 1.82) is 0 Å². The van der Waals surface area contributed by atoms with Crippen molar-refractivity contribution in [2.24, 2.45) is 0 Å². The number of rotatable bonds is 4. The van der Waals surface area contributed by atoms with Gasteiger partial charge in [0, 0.05) is 23.2 Å². The number of aliphatic hydroxyl groups excluding tert-OH is 1. The standard InChI is InChI=1S/C23H23N3O4/c27-16-8-5-14(6-9-16)24-22-12-18(17-3-1-2-4-19(17)26-22)23(28)25-15-7-10-20-21(11-15)30-13-29-20/h1-4,7,10-12,14,16,27H,5-6,8-9,13H2,(H,24,26)(H,25,28). The van der Waals surface area contributed by atoms with Crippen LogP contribution in [0.2, 0.25) is 0 Å². The first-order valence-electron chi connectivity index (χ1n) is 10.2. The molecule has 30 heavy (non-hydrogen) atoms. The Labute approximate surface area is 174 Å². The molecule has 2 heterocycles. The van der Waals surface area contributed by atoms with E-state index in [9.17, 15) is 9.90 Å². The summed E-state index contributed by atoms with van der Waals surface area (Å²) in [5.41, 5.74) is 1.95. The number of hydrogen-bond donors (Lipinski definition) is 3. The largest absolute Gasteiger partial charge is 0.454 e. The zero-order valence-corrected chi connectivity index (χ0v) is 16.4. The maximum Gasteiger partial charge on any atom is 0.256 e. The summed E-state index contributed by atoms with van der Waals surface area (Å²) in [6.45, 7) is 0.189. The van der Waals surface area contributed by atoms with Crippen molar-refractivity contribution in [2.45, 2.75) is 37.8 Å². The number of pyridine rings is 1. The molecule has 2 aromatic carbocycles. The Bertz CT molecular complexity index is 1090. The molecule has 0 atom stereocenters. The molecule has 3 aromatic rings. The third kappa shape index (κ3) is 3.76. The fourth-order valence-electron chi connectivity index (χ4n) is 4.04. The van der Waals surface area contributed by atoms with Crippen LogP contribution in [0.5, 0.6) is 11.5 Å². The summed E-state index contributed by atoms with van der Waals surface area (Å²) in [6.07, 6.45) is 3.12. The van der Waals surface area contributed by atoms with Crippen LogP contribution >= 0.6 is 0 Å². The number of carbonyl (C=O) groups is 1. The van der Waals surface area contributed by atoms with E-state index in [0.29, 0.717) is 28.6 Å². The van der Waals surface area contributed by atoms with E-state index in [2.05, 4.69) is 10.6 Å². The zero-order chi connectivity index (χ0) is 20.5. The number of fused-ring (bicyclic) bond motifs is 2. The van der Waals surface area contributed by atoms with Gasteiger partial charge in [0.2, 0.25) is 6.79 Å². The number of para-hydroxylation sites is 1. The number of aromatic nitrogens is 1. The number of anilines is 2. The molecule has 0 unspecified atom stereocenters. The minimum Gasteiger partial charge on any atom is -0.454 e. The van der Waals surface area contributed by atoms with Crippen molar-refractivity contribution in [3.05, 3.63) is 54.1 Å². The smallest absolute Gasteiger partial charge is 0.256 e. The van der Waals surface area contributed by atoms with Gasteiger partial charge < -0.3 is 25.2 Å². The van der Waals surface area contributed by atoms with Crippen molar-refractivity contribution in [3.63, 3.8) is 0 Å². The molecule has 0 spiro atoms. The summed E-state index contributed by atoms with van der Waals surface area (Å²) in [7, 11) is 0. The van der Waals surface area contributed by atoms with E-state index < -0.39 is 0 Å². The second-order valence-electron chi connectivity index (χ2n) is 7.74. The van der Waals surface area contributed by atoms with Gasteiger partial charge in [0.15, 0.2) is 11.5 Å². The summed E-state index contributed by atoms with van der Waals surface area (Å²) in [5.74, 6) is 1.75. The Morgan fingerprint density at radius 1 is 1.00 bits per heavy atom. The topological polar surface area (TPSA) is 92.7 Å². The number of carbonyl (C=O) groups excluding carboxylic acids is 1. The molecule has 1 amide bonds. The maximum atomic E-state index is 13.1. The second-order valence-corrected chi connectivity index (χ2v) is 7.74. The van der Waals surface area contributed by atoms with E-state index in [0.717, 1.165) is 36.6 Å². The van der Waals surface area contributed by atoms with Crippen LogP contribution in [0, 0.1) is 0 Å². The van der Waals surface area contributed by atoms with Crippen LogP contribution in [0.3, 0.4) is 0 Å². The molecule has 7 heteroatoms. The summed E-state index contributed by atoms with van der Waals surface area (Å²) in [5, 5.41) is 16.9. The maximum absolute atomic E-state index is 13.1.